The molecular weight excluding hydrogens is 268 g/mol. The van der Waals surface area contributed by atoms with E-state index in [4.69, 9.17) is 9.47 Å². The highest BCUT2D eigenvalue weighted by molar-refractivity contribution is 5.94. The molecule has 5 nitrogen and oxygen atoms in total. The Morgan fingerprint density at radius 1 is 1.43 bits per heavy atom. The van der Waals surface area contributed by atoms with E-state index in [1.807, 2.05) is 25.1 Å². The van der Waals surface area contributed by atoms with Crippen molar-refractivity contribution in [3.8, 4) is 5.75 Å². The summed E-state index contributed by atoms with van der Waals surface area (Å²) in [5.41, 5.74) is 1.80. The molecule has 1 heterocycles. The molecule has 116 valence electrons. The first kappa shape index (κ1) is 15.8. The maximum Gasteiger partial charge on any atom is 0.231 e. The number of rotatable bonds is 6. The molecule has 0 bridgehead atoms. The first-order valence-corrected chi connectivity index (χ1v) is 7.42. The summed E-state index contributed by atoms with van der Waals surface area (Å²) in [6.45, 7) is 6.04. The average Bonchev–Trinajstić information content (AvgIpc) is 2.95. The van der Waals surface area contributed by atoms with Gasteiger partial charge >= 0.3 is 0 Å². The highest BCUT2D eigenvalue weighted by atomic mass is 16.5. The third-order valence-corrected chi connectivity index (χ3v) is 3.69. The summed E-state index contributed by atoms with van der Waals surface area (Å²) < 4.78 is 10.8. The summed E-state index contributed by atoms with van der Waals surface area (Å²) in [6, 6.07) is 5.82. The molecule has 21 heavy (non-hydrogen) atoms. The Hall–Kier alpha value is -1.59. The van der Waals surface area contributed by atoms with Crippen molar-refractivity contribution in [2.75, 3.05) is 32.2 Å². The first-order chi connectivity index (χ1) is 10.2. The van der Waals surface area contributed by atoms with E-state index in [0.717, 1.165) is 18.5 Å². The number of aryl methyl sites for hydroxylation is 1. The molecule has 2 unspecified atom stereocenters. The van der Waals surface area contributed by atoms with E-state index in [1.165, 1.54) is 0 Å². The normalized spacial score (nSPS) is 21.3. The van der Waals surface area contributed by atoms with E-state index >= 15 is 0 Å². The molecule has 0 saturated carbocycles. The summed E-state index contributed by atoms with van der Waals surface area (Å²) in [7, 11) is 1.61. The molecule has 2 N–H and O–H groups in total. The third-order valence-electron chi connectivity index (χ3n) is 3.69. The number of ether oxygens (including phenoxy) is 2. The van der Waals surface area contributed by atoms with Crippen molar-refractivity contribution in [2.24, 2.45) is 5.92 Å². The number of amides is 1. The Bertz CT molecular complexity index is 490. The van der Waals surface area contributed by atoms with Gasteiger partial charge < -0.3 is 20.1 Å². The molecule has 2 atom stereocenters. The minimum atomic E-state index is -0.164. The minimum absolute atomic E-state index is 0.0248. The zero-order valence-electron chi connectivity index (χ0n) is 12.9. The van der Waals surface area contributed by atoms with E-state index in [-0.39, 0.29) is 17.9 Å². The second kappa shape index (κ2) is 7.43. The lowest BCUT2D eigenvalue weighted by atomic mass is 10.0. The van der Waals surface area contributed by atoms with Gasteiger partial charge in [-0.25, -0.2) is 0 Å². The second-order valence-electron chi connectivity index (χ2n) is 5.40. The quantitative estimate of drug-likeness (QED) is 0.841. The number of hydrogen-bond donors (Lipinski definition) is 2. The minimum Gasteiger partial charge on any atom is -0.495 e. The first-order valence-electron chi connectivity index (χ1n) is 7.42. The Kier molecular flexibility index (Phi) is 5.59. The van der Waals surface area contributed by atoms with Crippen LogP contribution in [-0.4, -0.2) is 38.8 Å². The maximum absolute atomic E-state index is 12.5. The topological polar surface area (TPSA) is 59.6 Å². The molecule has 0 aromatic heterocycles. The number of carbonyl (C=O) groups is 1. The Balaban J connectivity index is 2.03. The fourth-order valence-electron chi connectivity index (χ4n) is 2.47. The fourth-order valence-corrected chi connectivity index (χ4v) is 2.47. The van der Waals surface area contributed by atoms with Gasteiger partial charge in [-0.05, 0) is 37.6 Å². The lowest BCUT2D eigenvalue weighted by molar-refractivity contribution is -0.120. The van der Waals surface area contributed by atoms with Gasteiger partial charge in [-0.3, -0.25) is 4.79 Å². The van der Waals surface area contributed by atoms with Crippen molar-refractivity contribution < 1.29 is 14.3 Å². The fraction of sp³-hybridized carbons (Fsp3) is 0.562. The number of benzene rings is 1. The van der Waals surface area contributed by atoms with Gasteiger partial charge in [0.2, 0.25) is 5.91 Å². The molecule has 1 amide bonds. The molecule has 1 aromatic rings. The Morgan fingerprint density at radius 2 is 2.24 bits per heavy atom. The molecule has 1 aromatic carbocycles. The molecule has 1 saturated heterocycles. The molecule has 1 aliphatic rings. The standard InChI is InChI=1S/C16H24N2O3/c1-4-7-17-14-10-21-9-12(14)16(19)18-13-6-5-11(2)8-15(13)20-3/h5-6,8,12,14,17H,4,7,9-10H2,1-3H3,(H,18,19). The molecule has 0 spiro atoms. The molecule has 2 rings (SSSR count). The van der Waals surface area contributed by atoms with Crippen molar-refractivity contribution in [1.82, 2.24) is 5.32 Å². The molecule has 1 fully saturated rings. The van der Waals surface area contributed by atoms with Crippen LogP contribution in [0.2, 0.25) is 0 Å². The van der Waals surface area contributed by atoms with Crippen LogP contribution < -0.4 is 15.4 Å². The predicted molar refractivity (Wildman–Crippen MR) is 82.8 cm³/mol. The summed E-state index contributed by atoms with van der Waals surface area (Å²) in [5.74, 6) is 0.492. The third kappa shape index (κ3) is 3.95. The average molecular weight is 292 g/mol. The number of carbonyl (C=O) groups excluding carboxylic acids is 1. The van der Waals surface area contributed by atoms with E-state index in [1.54, 1.807) is 7.11 Å². The second-order valence-corrected chi connectivity index (χ2v) is 5.40. The van der Waals surface area contributed by atoms with E-state index in [0.29, 0.717) is 24.7 Å². The number of methoxy groups -OCH3 is 1. The van der Waals surface area contributed by atoms with Gasteiger partial charge in [0, 0.05) is 6.04 Å². The van der Waals surface area contributed by atoms with Crippen molar-refractivity contribution in [3.05, 3.63) is 23.8 Å². The van der Waals surface area contributed by atoms with E-state index in [9.17, 15) is 4.79 Å². The van der Waals surface area contributed by atoms with Gasteiger partial charge in [-0.1, -0.05) is 13.0 Å². The smallest absolute Gasteiger partial charge is 0.231 e. The SMILES string of the molecule is CCCNC1COCC1C(=O)Nc1ccc(C)cc1OC. The monoisotopic (exact) mass is 292 g/mol. The Morgan fingerprint density at radius 3 is 2.95 bits per heavy atom. The van der Waals surface area contributed by atoms with Crippen LogP contribution in [0.1, 0.15) is 18.9 Å². The van der Waals surface area contributed by atoms with E-state index < -0.39 is 0 Å². The highest BCUT2D eigenvalue weighted by Gasteiger charge is 2.33. The maximum atomic E-state index is 12.5. The van der Waals surface area contributed by atoms with Gasteiger partial charge in [0.25, 0.3) is 0 Å². The van der Waals surface area contributed by atoms with Crippen molar-refractivity contribution in [3.63, 3.8) is 0 Å². The van der Waals surface area contributed by atoms with E-state index in [2.05, 4.69) is 17.6 Å². The highest BCUT2D eigenvalue weighted by Crippen LogP contribution is 2.26. The summed E-state index contributed by atoms with van der Waals surface area (Å²) in [4.78, 5) is 12.5. The Labute approximate surface area is 126 Å². The van der Waals surface area contributed by atoms with Crippen LogP contribution in [-0.2, 0) is 9.53 Å². The molecule has 0 radical (unpaired) electrons. The predicted octanol–water partition coefficient (Wildman–Crippen LogP) is 1.96. The summed E-state index contributed by atoms with van der Waals surface area (Å²) in [6.07, 6.45) is 1.04. The molecule has 1 aliphatic heterocycles. The van der Waals surface area contributed by atoms with Crippen LogP contribution in [0.15, 0.2) is 18.2 Å². The largest absolute Gasteiger partial charge is 0.495 e. The number of nitrogens with one attached hydrogen (secondary N) is 2. The van der Waals surface area contributed by atoms with Gasteiger partial charge in [0.1, 0.15) is 5.75 Å². The van der Waals surface area contributed by atoms with Gasteiger partial charge in [0.15, 0.2) is 0 Å². The van der Waals surface area contributed by atoms with Crippen LogP contribution in [0.4, 0.5) is 5.69 Å². The summed E-state index contributed by atoms with van der Waals surface area (Å²) in [5, 5.41) is 6.32. The van der Waals surface area contributed by atoms with Crippen LogP contribution in [0.25, 0.3) is 0 Å². The van der Waals surface area contributed by atoms with Gasteiger partial charge in [0.05, 0.1) is 31.9 Å². The van der Waals surface area contributed by atoms with Crippen molar-refractivity contribution >= 4 is 11.6 Å². The van der Waals surface area contributed by atoms with Crippen LogP contribution in [0.3, 0.4) is 0 Å². The zero-order chi connectivity index (χ0) is 15.2. The van der Waals surface area contributed by atoms with Crippen molar-refractivity contribution in [1.29, 1.82) is 0 Å². The zero-order valence-corrected chi connectivity index (χ0v) is 12.9. The molecule has 5 heteroatoms. The van der Waals surface area contributed by atoms with Crippen LogP contribution in [0, 0.1) is 12.8 Å². The van der Waals surface area contributed by atoms with Crippen LogP contribution >= 0.6 is 0 Å². The summed E-state index contributed by atoms with van der Waals surface area (Å²) >= 11 is 0. The lowest BCUT2D eigenvalue weighted by Crippen LogP contribution is -2.41. The molecular formula is C16H24N2O3. The molecule has 0 aliphatic carbocycles. The van der Waals surface area contributed by atoms with Crippen LogP contribution in [0.5, 0.6) is 5.75 Å². The lowest BCUT2D eigenvalue weighted by Gasteiger charge is -2.19. The van der Waals surface area contributed by atoms with Gasteiger partial charge in [-0.2, -0.15) is 0 Å². The van der Waals surface area contributed by atoms with Crippen molar-refractivity contribution in [2.45, 2.75) is 26.3 Å². The number of anilines is 1. The number of hydrogen-bond acceptors (Lipinski definition) is 4. The van der Waals surface area contributed by atoms with Gasteiger partial charge in [-0.15, -0.1) is 0 Å².